The Hall–Kier alpha value is -2.34. The number of hydrogen-bond donors (Lipinski definition) is 2. The topological polar surface area (TPSA) is 68.2 Å². The van der Waals surface area contributed by atoms with E-state index in [4.69, 9.17) is 4.74 Å². The van der Waals surface area contributed by atoms with Crippen LogP contribution in [0, 0.1) is 13.8 Å². The molecule has 6 heteroatoms. The third-order valence-corrected chi connectivity index (χ3v) is 4.79. The van der Waals surface area contributed by atoms with Gasteiger partial charge in [-0.15, -0.1) is 0 Å². The number of carbonyl (C=O) groups excluding carboxylic acids is 1. The van der Waals surface area contributed by atoms with Crippen molar-refractivity contribution >= 4 is 6.03 Å². The normalized spacial score (nSPS) is 19.8. The predicted molar refractivity (Wildman–Crippen MR) is 96.3 cm³/mol. The van der Waals surface area contributed by atoms with Gasteiger partial charge in [0.05, 0.1) is 11.7 Å². The highest BCUT2D eigenvalue weighted by Gasteiger charge is 2.30. The van der Waals surface area contributed by atoms with E-state index < -0.39 is 0 Å². The van der Waals surface area contributed by atoms with Crippen LogP contribution in [-0.2, 0) is 17.8 Å². The maximum Gasteiger partial charge on any atom is 0.315 e. The van der Waals surface area contributed by atoms with Crippen LogP contribution in [0.3, 0.4) is 0 Å². The Morgan fingerprint density at radius 2 is 2.08 bits per heavy atom. The number of aryl methyl sites for hydroxylation is 2. The first-order chi connectivity index (χ1) is 12.1. The van der Waals surface area contributed by atoms with Gasteiger partial charge >= 0.3 is 6.03 Å². The molecule has 1 saturated heterocycles. The predicted octanol–water partition coefficient (Wildman–Crippen LogP) is 2.85. The van der Waals surface area contributed by atoms with E-state index in [0.717, 1.165) is 35.5 Å². The van der Waals surface area contributed by atoms with Crippen LogP contribution >= 0.6 is 0 Å². The minimum absolute atomic E-state index is 0.0111. The molecule has 0 bridgehead atoms. The van der Waals surface area contributed by atoms with Crippen molar-refractivity contribution in [3.8, 4) is 0 Å². The number of aromatic nitrogens is 2. The zero-order valence-electron chi connectivity index (χ0n) is 15.1. The van der Waals surface area contributed by atoms with Crippen molar-refractivity contribution < 1.29 is 9.53 Å². The van der Waals surface area contributed by atoms with Gasteiger partial charge in [0.2, 0.25) is 0 Å². The summed E-state index contributed by atoms with van der Waals surface area (Å²) in [4.78, 5) is 12.3. The van der Waals surface area contributed by atoms with Crippen molar-refractivity contribution in [1.82, 2.24) is 20.4 Å². The van der Waals surface area contributed by atoms with Gasteiger partial charge in [-0.25, -0.2) is 4.79 Å². The van der Waals surface area contributed by atoms with Gasteiger partial charge in [-0.2, -0.15) is 5.10 Å². The van der Waals surface area contributed by atoms with E-state index in [0.29, 0.717) is 13.2 Å². The quantitative estimate of drug-likeness (QED) is 0.878. The number of carbonyl (C=O) groups is 1. The molecule has 3 rings (SSSR count). The summed E-state index contributed by atoms with van der Waals surface area (Å²) < 4.78 is 7.77. The number of urea groups is 1. The summed E-state index contributed by atoms with van der Waals surface area (Å²) in [7, 11) is 0. The highest BCUT2D eigenvalue weighted by molar-refractivity contribution is 5.74. The Morgan fingerprint density at radius 3 is 2.76 bits per heavy atom. The summed E-state index contributed by atoms with van der Waals surface area (Å²) in [6.45, 7) is 8.04. The van der Waals surface area contributed by atoms with Crippen molar-refractivity contribution in [2.24, 2.45) is 0 Å². The fraction of sp³-hybridized carbons (Fsp3) is 0.474. The van der Waals surface area contributed by atoms with Crippen LogP contribution in [0.4, 0.5) is 4.79 Å². The van der Waals surface area contributed by atoms with Gasteiger partial charge in [-0.3, -0.25) is 4.68 Å². The molecule has 1 fully saturated rings. The van der Waals surface area contributed by atoms with E-state index in [1.54, 1.807) is 0 Å². The summed E-state index contributed by atoms with van der Waals surface area (Å²) in [6.07, 6.45) is 0.733. The van der Waals surface area contributed by atoms with Crippen molar-refractivity contribution in [2.45, 2.75) is 52.4 Å². The van der Waals surface area contributed by atoms with E-state index in [1.807, 2.05) is 48.9 Å². The molecule has 1 aromatic carbocycles. The molecule has 1 aliphatic heterocycles. The molecule has 134 valence electrons. The molecule has 0 aliphatic carbocycles. The molecule has 0 saturated carbocycles. The molecule has 2 atom stereocenters. The first-order valence-electron chi connectivity index (χ1n) is 8.84. The molecule has 2 aromatic rings. The first-order valence-corrected chi connectivity index (χ1v) is 8.84. The number of nitrogens with zero attached hydrogens (tertiary/aromatic N) is 2. The van der Waals surface area contributed by atoms with E-state index >= 15 is 0 Å². The molecule has 2 heterocycles. The molecular formula is C19H26N4O2. The molecule has 6 nitrogen and oxygen atoms in total. The Kier molecular flexibility index (Phi) is 5.38. The van der Waals surface area contributed by atoms with E-state index in [-0.39, 0.29) is 18.2 Å². The second-order valence-corrected chi connectivity index (χ2v) is 6.39. The Labute approximate surface area is 148 Å². The number of benzene rings is 1. The smallest absolute Gasteiger partial charge is 0.315 e. The molecule has 0 radical (unpaired) electrons. The third-order valence-electron chi connectivity index (χ3n) is 4.79. The van der Waals surface area contributed by atoms with Crippen LogP contribution < -0.4 is 10.6 Å². The lowest BCUT2D eigenvalue weighted by atomic mass is 10.0. The van der Waals surface area contributed by atoms with Gasteiger partial charge in [-0.05, 0) is 32.8 Å². The Bertz CT molecular complexity index is 727. The van der Waals surface area contributed by atoms with Crippen LogP contribution in [0.25, 0.3) is 0 Å². The lowest BCUT2D eigenvalue weighted by Gasteiger charge is -2.20. The van der Waals surface area contributed by atoms with Gasteiger partial charge in [0.15, 0.2) is 0 Å². The molecule has 25 heavy (non-hydrogen) atoms. The minimum Gasteiger partial charge on any atom is -0.371 e. The van der Waals surface area contributed by atoms with Gasteiger partial charge in [0.1, 0.15) is 6.10 Å². The maximum absolute atomic E-state index is 12.3. The second kappa shape index (κ2) is 7.70. The zero-order valence-corrected chi connectivity index (χ0v) is 15.1. The van der Waals surface area contributed by atoms with E-state index in [2.05, 4.69) is 22.7 Å². The van der Waals surface area contributed by atoms with Crippen molar-refractivity contribution in [3.63, 3.8) is 0 Å². The highest BCUT2D eigenvalue weighted by atomic mass is 16.5. The van der Waals surface area contributed by atoms with Crippen LogP contribution in [-0.4, -0.2) is 28.5 Å². The monoisotopic (exact) mass is 342 g/mol. The number of ether oxygens (including phenoxy) is 1. The van der Waals surface area contributed by atoms with Crippen molar-refractivity contribution in [2.75, 3.05) is 6.61 Å². The second-order valence-electron chi connectivity index (χ2n) is 6.39. The zero-order chi connectivity index (χ0) is 17.8. The first kappa shape index (κ1) is 17.5. The SMILES string of the molecule is CCn1nc(C)c(CNC(=O)N[C@H]2CCO[C@H]2c2ccccc2)c1C. The van der Waals surface area contributed by atoms with Crippen molar-refractivity contribution in [1.29, 1.82) is 0 Å². The molecule has 1 aromatic heterocycles. The number of hydrogen-bond acceptors (Lipinski definition) is 3. The molecule has 2 N–H and O–H groups in total. The summed E-state index contributed by atoms with van der Waals surface area (Å²) in [6, 6.07) is 9.86. The van der Waals surface area contributed by atoms with Crippen LogP contribution in [0.15, 0.2) is 30.3 Å². The third kappa shape index (κ3) is 3.85. The van der Waals surface area contributed by atoms with Crippen LogP contribution in [0.1, 0.15) is 42.0 Å². The summed E-state index contributed by atoms with van der Waals surface area (Å²) >= 11 is 0. The highest BCUT2D eigenvalue weighted by Crippen LogP contribution is 2.28. The number of rotatable bonds is 5. The number of nitrogens with one attached hydrogen (secondary N) is 2. The molecular weight excluding hydrogens is 316 g/mol. The summed E-state index contributed by atoms with van der Waals surface area (Å²) in [5.74, 6) is 0. The average Bonchev–Trinajstić information content (AvgIpc) is 3.18. The summed E-state index contributed by atoms with van der Waals surface area (Å²) in [5.41, 5.74) is 4.25. The van der Waals surface area contributed by atoms with Gasteiger partial charge < -0.3 is 15.4 Å². The fourth-order valence-corrected chi connectivity index (χ4v) is 3.39. The lowest BCUT2D eigenvalue weighted by Crippen LogP contribution is -2.43. The molecule has 1 aliphatic rings. The Morgan fingerprint density at radius 1 is 1.32 bits per heavy atom. The van der Waals surface area contributed by atoms with Gasteiger partial charge in [0, 0.05) is 31.0 Å². The Balaban J connectivity index is 1.58. The van der Waals surface area contributed by atoms with Gasteiger partial charge in [0.25, 0.3) is 0 Å². The van der Waals surface area contributed by atoms with Gasteiger partial charge in [-0.1, -0.05) is 30.3 Å². The molecule has 2 amide bonds. The lowest BCUT2D eigenvalue weighted by molar-refractivity contribution is 0.0999. The fourth-order valence-electron chi connectivity index (χ4n) is 3.39. The maximum atomic E-state index is 12.3. The standard InChI is InChI=1S/C19H26N4O2/c1-4-23-14(3)16(13(2)22-23)12-20-19(24)21-17-10-11-25-18(17)15-8-6-5-7-9-15/h5-9,17-18H,4,10-12H2,1-3H3,(H2,20,21,24)/t17-,18-/m0/s1. The van der Waals surface area contributed by atoms with Crippen LogP contribution in [0.2, 0.25) is 0 Å². The van der Waals surface area contributed by atoms with Crippen LogP contribution in [0.5, 0.6) is 0 Å². The minimum atomic E-state index is -0.167. The summed E-state index contributed by atoms with van der Waals surface area (Å²) in [5, 5.41) is 10.5. The van der Waals surface area contributed by atoms with E-state index in [9.17, 15) is 4.79 Å². The van der Waals surface area contributed by atoms with Crippen molar-refractivity contribution in [3.05, 3.63) is 52.8 Å². The largest absolute Gasteiger partial charge is 0.371 e. The van der Waals surface area contributed by atoms with E-state index in [1.165, 1.54) is 0 Å². The molecule has 0 unspecified atom stereocenters. The molecule has 0 spiro atoms. The number of amides is 2. The average molecular weight is 342 g/mol.